The van der Waals surface area contributed by atoms with Gasteiger partial charge in [-0.15, -0.1) is 0 Å². The highest BCUT2D eigenvalue weighted by atomic mass is 15.1. The number of benzene rings is 2. The van der Waals surface area contributed by atoms with Gasteiger partial charge < -0.3 is 10.6 Å². The standard InChI is InChI=1S/C22H30N2.C2H6/c1-18(21-7-9-22(23)10-8-21)11-14-24-15-12-20(13-16-24)17-19-5-3-2-4-6-19;1-2/h2-10,18,20H,11-17,23H2,1H3;1-2H3. The van der Waals surface area contributed by atoms with Crippen LogP contribution in [0.25, 0.3) is 0 Å². The largest absolute Gasteiger partial charge is 0.399 e. The Labute approximate surface area is 160 Å². The lowest BCUT2D eigenvalue weighted by atomic mass is 9.89. The first-order valence-electron chi connectivity index (χ1n) is 10.3. The maximum Gasteiger partial charge on any atom is 0.0314 e. The summed E-state index contributed by atoms with van der Waals surface area (Å²) >= 11 is 0. The second-order valence-electron chi connectivity index (χ2n) is 7.33. The highest BCUT2D eigenvalue weighted by Gasteiger charge is 2.19. The summed E-state index contributed by atoms with van der Waals surface area (Å²) in [6.45, 7) is 10.1. The number of likely N-dealkylation sites (tertiary alicyclic amines) is 1. The van der Waals surface area contributed by atoms with Gasteiger partial charge >= 0.3 is 0 Å². The fourth-order valence-electron chi connectivity index (χ4n) is 3.73. The minimum Gasteiger partial charge on any atom is -0.399 e. The lowest BCUT2D eigenvalue weighted by Crippen LogP contribution is -2.35. The summed E-state index contributed by atoms with van der Waals surface area (Å²) in [7, 11) is 0. The van der Waals surface area contributed by atoms with Gasteiger partial charge in [-0.25, -0.2) is 0 Å². The van der Waals surface area contributed by atoms with Gasteiger partial charge in [0.1, 0.15) is 0 Å². The summed E-state index contributed by atoms with van der Waals surface area (Å²) < 4.78 is 0. The number of hydrogen-bond donors (Lipinski definition) is 1. The summed E-state index contributed by atoms with van der Waals surface area (Å²) in [5.41, 5.74) is 9.53. The van der Waals surface area contributed by atoms with E-state index in [0.29, 0.717) is 5.92 Å². The Morgan fingerprint density at radius 2 is 1.58 bits per heavy atom. The SMILES string of the molecule is CC.CC(CCN1CCC(Cc2ccccc2)CC1)c1ccc(N)cc1. The van der Waals surface area contributed by atoms with E-state index in [9.17, 15) is 0 Å². The summed E-state index contributed by atoms with van der Waals surface area (Å²) in [5, 5.41) is 0. The molecule has 1 aliphatic rings. The molecule has 1 saturated heterocycles. The van der Waals surface area contributed by atoms with Crippen LogP contribution < -0.4 is 5.73 Å². The highest BCUT2D eigenvalue weighted by molar-refractivity contribution is 5.40. The topological polar surface area (TPSA) is 29.3 Å². The van der Waals surface area contributed by atoms with Crippen molar-refractivity contribution >= 4 is 5.69 Å². The molecule has 1 atom stereocenters. The number of rotatable bonds is 6. The molecule has 0 amide bonds. The fraction of sp³-hybridized carbons (Fsp3) is 0.500. The summed E-state index contributed by atoms with van der Waals surface area (Å²) in [5.74, 6) is 1.46. The third-order valence-electron chi connectivity index (χ3n) is 5.46. The van der Waals surface area contributed by atoms with Crippen LogP contribution in [-0.4, -0.2) is 24.5 Å². The van der Waals surface area contributed by atoms with Crippen molar-refractivity contribution in [3.63, 3.8) is 0 Å². The van der Waals surface area contributed by atoms with Crippen LogP contribution >= 0.6 is 0 Å². The van der Waals surface area contributed by atoms with Gasteiger partial charge in [-0.3, -0.25) is 0 Å². The average Bonchev–Trinajstić information content (AvgIpc) is 2.70. The quantitative estimate of drug-likeness (QED) is 0.671. The molecule has 0 aliphatic carbocycles. The third kappa shape index (κ3) is 6.49. The van der Waals surface area contributed by atoms with Crippen molar-refractivity contribution in [3.8, 4) is 0 Å². The number of piperidine rings is 1. The van der Waals surface area contributed by atoms with Crippen LogP contribution in [0, 0.1) is 5.92 Å². The van der Waals surface area contributed by atoms with Crippen LogP contribution in [0.1, 0.15) is 57.1 Å². The third-order valence-corrected chi connectivity index (χ3v) is 5.46. The van der Waals surface area contributed by atoms with Crippen LogP contribution in [0.2, 0.25) is 0 Å². The van der Waals surface area contributed by atoms with Gasteiger partial charge in [-0.1, -0.05) is 63.2 Å². The monoisotopic (exact) mass is 352 g/mol. The molecule has 1 aliphatic heterocycles. The first-order valence-corrected chi connectivity index (χ1v) is 10.3. The first-order chi connectivity index (χ1) is 12.7. The minimum atomic E-state index is 0.604. The number of hydrogen-bond acceptors (Lipinski definition) is 2. The molecule has 2 N–H and O–H groups in total. The van der Waals surface area contributed by atoms with E-state index in [-0.39, 0.29) is 0 Å². The Hall–Kier alpha value is -1.80. The summed E-state index contributed by atoms with van der Waals surface area (Å²) in [4.78, 5) is 2.65. The average molecular weight is 353 g/mol. The Balaban J connectivity index is 0.00000117. The van der Waals surface area contributed by atoms with E-state index in [2.05, 4.69) is 54.3 Å². The molecule has 26 heavy (non-hydrogen) atoms. The van der Waals surface area contributed by atoms with Crippen molar-refractivity contribution in [3.05, 3.63) is 65.7 Å². The van der Waals surface area contributed by atoms with Crippen LogP contribution in [0.15, 0.2) is 54.6 Å². The molecule has 0 bridgehead atoms. The fourth-order valence-corrected chi connectivity index (χ4v) is 3.73. The van der Waals surface area contributed by atoms with E-state index in [1.54, 1.807) is 0 Å². The molecule has 1 heterocycles. The van der Waals surface area contributed by atoms with Crippen molar-refractivity contribution in [1.29, 1.82) is 0 Å². The molecule has 0 aromatic heterocycles. The van der Waals surface area contributed by atoms with Crippen molar-refractivity contribution in [2.24, 2.45) is 5.92 Å². The van der Waals surface area contributed by atoms with E-state index in [1.165, 1.54) is 56.4 Å². The Morgan fingerprint density at radius 1 is 0.962 bits per heavy atom. The van der Waals surface area contributed by atoms with Gasteiger partial charge in [0.25, 0.3) is 0 Å². The second kappa shape index (κ2) is 11.0. The van der Waals surface area contributed by atoms with Crippen molar-refractivity contribution in [2.75, 3.05) is 25.4 Å². The lowest BCUT2D eigenvalue weighted by Gasteiger charge is -2.32. The van der Waals surface area contributed by atoms with E-state index >= 15 is 0 Å². The Kier molecular flexibility index (Phi) is 8.70. The van der Waals surface area contributed by atoms with Crippen LogP contribution in [0.3, 0.4) is 0 Å². The molecule has 2 nitrogen and oxygen atoms in total. The van der Waals surface area contributed by atoms with Crippen LogP contribution in [0.4, 0.5) is 5.69 Å². The van der Waals surface area contributed by atoms with Gasteiger partial charge in [0.15, 0.2) is 0 Å². The molecule has 1 unspecified atom stereocenters. The van der Waals surface area contributed by atoms with Gasteiger partial charge in [-0.05, 0) is 80.4 Å². The zero-order valence-electron chi connectivity index (χ0n) is 16.8. The molecule has 3 rings (SSSR count). The smallest absolute Gasteiger partial charge is 0.0314 e. The molecule has 2 aromatic rings. The van der Waals surface area contributed by atoms with E-state index in [4.69, 9.17) is 5.73 Å². The molecule has 0 spiro atoms. The minimum absolute atomic E-state index is 0.604. The maximum absolute atomic E-state index is 5.78. The van der Waals surface area contributed by atoms with Gasteiger partial charge in [0.2, 0.25) is 0 Å². The number of nitrogens with zero attached hydrogens (tertiary/aromatic N) is 1. The predicted octanol–water partition coefficient (Wildman–Crippen LogP) is 5.74. The predicted molar refractivity (Wildman–Crippen MR) is 115 cm³/mol. The first kappa shape index (κ1) is 20.5. The van der Waals surface area contributed by atoms with Crippen molar-refractivity contribution in [2.45, 2.75) is 52.4 Å². The highest BCUT2D eigenvalue weighted by Crippen LogP contribution is 2.24. The van der Waals surface area contributed by atoms with Crippen molar-refractivity contribution in [1.82, 2.24) is 4.90 Å². The zero-order chi connectivity index (χ0) is 18.8. The molecule has 1 fully saturated rings. The summed E-state index contributed by atoms with van der Waals surface area (Å²) in [6, 6.07) is 19.3. The second-order valence-corrected chi connectivity index (χ2v) is 7.33. The van der Waals surface area contributed by atoms with E-state index in [1.807, 2.05) is 26.0 Å². The number of nitrogens with two attached hydrogens (primary N) is 1. The molecule has 0 radical (unpaired) electrons. The zero-order valence-corrected chi connectivity index (χ0v) is 16.8. The molecular weight excluding hydrogens is 316 g/mol. The van der Waals surface area contributed by atoms with Crippen LogP contribution in [-0.2, 0) is 6.42 Å². The summed E-state index contributed by atoms with van der Waals surface area (Å²) in [6.07, 6.45) is 5.15. The van der Waals surface area contributed by atoms with Gasteiger partial charge in [-0.2, -0.15) is 0 Å². The Bertz CT molecular complexity index is 598. The normalized spacial score (nSPS) is 16.6. The van der Waals surface area contributed by atoms with E-state index in [0.717, 1.165) is 11.6 Å². The molecule has 142 valence electrons. The van der Waals surface area contributed by atoms with Gasteiger partial charge in [0.05, 0.1) is 0 Å². The molecule has 2 aromatic carbocycles. The maximum atomic E-state index is 5.78. The number of nitrogen functional groups attached to an aromatic ring is 1. The van der Waals surface area contributed by atoms with Gasteiger partial charge in [0, 0.05) is 5.69 Å². The Morgan fingerprint density at radius 3 is 2.19 bits per heavy atom. The molecular formula is C24H36N2. The lowest BCUT2D eigenvalue weighted by molar-refractivity contribution is 0.179. The van der Waals surface area contributed by atoms with E-state index < -0.39 is 0 Å². The van der Waals surface area contributed by atoms with Crippen molar-refractivity contribution < 1.29 is 0 Å². The van der Waals surface area contributed by atoms with Crippen LogP contribution in [0.5, 0.6) is 0 Å². The number of anilines is 1. The molecule has 2 heteroatoms. The molecule has 0 saturated carbocycles.